The van der Waals surface area contributed by atoms with Crippen LogP contribution in [0.2, 0.25) is 0 Å². The molecule has 0 aliphatic carbocycles. The third kappa shape index (κ3) is 2.23. The van der Waals surface area contributed by atoms with Gasteiger partial charge in [0.1, 0.15) is 11.9 Å². The number of hydrogen-bond acceptors (Lipinski definition) is 1. The molecule has 0 bridgehead atoms. The first-order chi connectivity index (χ1) is 9.25. The minimum atomic E-state index is -0.939. The van der Waals surface area contributed by atoms with Gasteiger partial charge in [0, 0.05) is 5.56 Å². The van der Waals surface area contributed by atoms with Crippen molar-refractivity contribution >= 4 is 10.8 Å². The van der Waals surface area contributed by atoms with Gasteiger partial charge < -0.3 is 5.11 Å². The maximum Gasteiger partial charge on any atom is 0.129 e. The number of rotatable bonds is 2. The molecule has 1 nitrogen and oxygen atoms in total. The lowest BCUT2D eigenvalue weighted by atomic mass is 9.98. The van der Waals surface area contributed by atoms with Crippen LogP contribution in [0.3, 0.4) is 0 Å². The summed E-state index contributed by atoms with van der Waals surface area (Å²) in [5.41, 5.74) is 1.00. The number of fused-ring (bicyclic) bond motifs is 1. The van der Waals surface area contributed by atoms with E-state index in [-0.39, 0.29) is 5.82 Å². The molecular formula is C17H13FO. The van der Waals surface area contributed by atoms with Crippen LogP contribution in [0.4, 0.5) is 4.39 Å². The van der Waals surface area contributed by atoms with Crippen molar-refractivity contribution in [3.63, 3.8) is 0 Å². The third-order valence-corrected chi connectivity index (χ3v) is 3.29. The van der Waals surface area contributed by atoms with Crippen LogP contribution < -0.4 is 0 Å². The van der Waals surface area contributed by atoms with Crippen molar-refractivity contribution in [3.8, 4) is 0 Å². The summed E-state index contributed by atoms with van der Waals surface area (Å²) in [7, 11) is 0. The Bertz CT molecular complexity index is 721. The zero-order valence-electron chi connectivity index (χ0n) is 10.3. The van der Waals surface area contributed by atoms with Crippen molar-refractivity contribution in [3.05, 3.63) is 83.7 Å². The van der Waals surface area contributed by atoms with Crippen LogP contribution in [0.1, 0.15) is 17.2 Å². The van der Waals surface area contributed by atoms with Gasteiger partial charge in [-0.3, -0.25) is 0 Å². The maximum atomic E-state index is 13.7. The predicted molar refractivity (Wildman–Crippen MR) is 74.4 cm³/mol. The highest BCUT2D eigenvalue weighted by Gasteiger charge is 2.14. The zero-order valence-corrected chi connectivity index (χ0v) is 10.3. The number of aliphatic hydroxyl groups is 1. The van der Waals surface area contributed by atoms with Crippen LogP contribution in [0.15, 0.2) is 66.7 Å². The molecule has 0 heterocycles. The molecule has 19 heavy (non-hydrogen) atoms. The normalized spacial score (nSPS) is 12.5. The van der Waals surface area contributed by atoms with Gasteiger partial charge in [-0.05, 0) is 28.5 Å². The second-order valence-electron chi connectivity index (χ2n) is 4.53. The molecule has 1 N–H and O–H groups in total. The summed E-state index contributed by atoms with van der Waals surface area (Å²) >= 11 is 0. The predicted octanol–water partition coefficient (Wildman–Crippen LogP) is 4.06. The Hall–Kier alpha value is -2.19. The number of halogens is 1. The van der Waals surface area contributed by atoms with Crippen LogP contribution in [0, 0.1) is 5.82 Å². The van der Waals surface area contributed by atoms with Gasteiger partial charge in [0.2, 0.25) is 0 Å². The van der Waals surface area contributed by atoms with Gasteiger partial charge in [-0.2, -0.15) is 0 Å². The Morgan fingerprint density at radius 3 is 2.26 bits per heavy atom. The standard InChI is InChI=1S/C17H13FO/c18-16-8-4-3-7-15(16)17(19)14-10-9-12-5-1-2-6-13(12)11-14/h1-11,17,19H/t17-/m1/s1. The minimum absolute atomic E-state index is 0.304. The van der Waals surface area contributed by atoms with E-state index in [1.807, 2.05) is 42.5 Å². The molecule has 0 unspecified atom stereocenters. The second kappa shape index (κ2) is 4.82. The van der Waals surface area contributed by atoms with E-state index in [0.717, 1.165) is 10.8 Å². The summed E-state index contributed by atoms with van der Waals surface area (Å²) in [6.45, 7) is 0. The van der Waals surface area contributed by atoms with Crippen molar-refractivity contribution in [1.29, 1.82) is 0 Å². The van der Waals surface area contributed by atoms with Gasteiger partial charge in [0.15, 0.2) is 0 Å². The molecule has 0 aliphatic heterocycles. The van der Waals surface area contributed by atoms with E-state index in [2.05, 4.69) is 0 Å². The van der Waals surface area contributed by atoms with Crippen LogP contribution in [-0.4, -0.2) is 5.11 Å². The van der Waals surface area contributed by atoms with Gasteiger partial charge in [0.05, 0.1) is 0 Å². The first-order valence-electron chi connectivity index (χ1n) is 6.17. The van der Waals surface area contributed by atoms with E-state index in [0.29, 0.717) is 11.1 Å². The summed E-state index contributed by atoms with van der Waals surface area (Å²) < 4.78 is 13.7. The minimum Gasteiger partial charge on any atom is -0.384 e. The van der Waals surface area contributed by atoms with E-state index in [9.17, 15) is 9.50 Å². The first kappa shape index (κ1) is 11.9. The van der Waals surface area contributed by atoms with Gasteiger partial charge in [0.25, 0.3) is 0 Å². The molecule has 0 radical (unpaired) electrons. The quantitative estimate of drug-likeness (QED) is 0.729. The zero-order chi connectivity index (χ0) is 13.2. The molecule has 1 atom stereocenters. The maximum absolute atomic E-state index is 13.7. The summed E-state index contributed by atoms with van der Waals surface area (Å²) in [5.74, 6) is -0.386. The van der Waals surface area contributed by atoms with Crippen molar-refractivity contribution < 1.29 is 9.50 Å². The van der Waals surface area contributed by atoms with Crippen molar-refractivity contribution in [2.75, 3.05) is 0 Å². The molecule has 3 rings (SSSR count). The van der Waals surface area contributed by atoms with Crippen LogP contribution in [0.25, 0.3) is 10.8 Å². The van der Waals surface area contributed by atoms with E-state index in [1.54, 1.807) is 18.2 Å². The van der Waals surface area contributed by atoms with Crippen LogP contribution >= 0.6 is 0 Å². The Labute approximate surface area is 110 Å². The second-order valence-corrected chi connectivity index (χ2v) is 4.53. The number of benzene rings is 3. The Morgan fingerprint density at radius 1 is 0.789 bits per heavy atom. The lowest BCUT2D eigenvalue weighted by Gasteiger charge is -2.13. The summed E-state index contributed by atoms with van der Waals surface area (Å²) in [5, 5.41) is 12.4. The Kier molecular flexibility index (Phi) is 3.02. The highest BCUT2D eigenvalue weighted by atomic mass is 19.1. The van der Waals surface area contributed by atoms with Gasteiger partial charge in [-0.1, -0.05) is 54.6 Å². The van der Waals surface area contributed by atoms with E-state index >= 15 is 0 Å². The first-order valence-corrected chi connectivity index (χ1v) is 6.17. The van der Waals surface area contributed by atoms with Crippen molar-refractivity contribution in [2.24, 2.45) is 0 Å². The molecule has 3 aromatic carbocycles. The molecule has 94 valence electrons. The van der Waals surface area contributed by atoms with Crippen LogP contribution in [-0.2, 0) is 0 Å². The highest BCUT2D eigenvalue weighted by molar-refractivity contribution is 5.83. The molecule has 0 saturated heterocycles. The van der Waals surface area contributed by atoms with Crippen molar-refractivity contribution in [1.82, 2.24) is 0 Å². The average Bonchev–Trinajstić information content (AvgIpc) is 2.46. The lowest BCUT2D eigenvalue weighted by molar-refractivity contribution is 0.215. The van der Waals surface area contributed by atoms with E-state index in [4.69, 9.17) is 0 Å². The molecule has 0 aromatic heterocycles. The average molecular weight is 252 g/mol. The fourth-order valence-corrected chi connectivity index (χ4v) is 2.25. The fourth-order valence-electron chi connectivity index (χ4n) is 2.25. The van der Waals surface area contributed by atoms with Gasteiger partial charge >= 0.3 is 0 Å². The summed E-state index contributed by atoms with van der Waals surface area (Å²) in [4.78, 5) is 0. The van der Waals surface area contributed by atoms with Crippen LogP contribution in [0.5, 0.6) is 0 Å². The largest absolute Gasteiger partial charge is 0.384 e. The molecule has 0 saturated carbocycles. The third-order valence-electron chi connectivity index (χ3n) is 3.29. The molecule has 3 aromatic rings. The van der Waals surface area contributed by atoms with Crippen molar-refractivity contribution in [2.45, 2.75) is 6.10 Å². The summed E-state index contributed by atoms with van der Waals surface area (Å²) in [6.07, 6.45) is -0.939. The SMILES string of the molecule is O[C@H](c1ccc2ccccc2c1)c1ccccc1F. The molecule has 0 spiro atoms. The number of hydrogen-bond donors (Lipinski definition) is 1. The topological polar surface area (TPSA) is 20.2 Å². The molecule has 0 fully saturated rings. The fraction of sp³-hybridized carbons (Fsp3) is 0.0588. The molecule has 0 amide bonds. The number of aliphatic hydroxyl groups excluding tert-OH is 1. The Balaban J connectivity index is 2.07. The molecule has 0 aliphatic rings. The highest BCUT2D eigenvalue weighted by Crippen LogP contribution is 2.26. The molecular weight excluding hydrogens is 239 g/mol. The Morgan fingerprint density at radius 2 is 1.47 bits per heavy atom. The lowest BCUT2D eigenvalue weighted by Crippen LogP contribution is -2.02. The summed E-state index contributed by atoms with van der Waals surface area (Å²) in [6, 6.07) is 19.9. The monoisotopic (exact) mass is 252 g/mol. The smallest absolute Gasteiger partial charge is 0.129 e. The molecule has 2 heteroatoms. The van der Waals surface area contributed by atoms with Gasteiger partial charge in [-0.25, -0.2) is 4.39 Å². The van der Waals surface area contributed by atoms with E-state index < -0.39 is 6.10 Å². The van der Waals surface area contributed by atoms with Gasteiger partial charge in [-0.15, -0.1) is 0 Å². The van der Waals surface area contributed by atoms with E-state index in [1.165, 1.54) is 6.07 Å².